The highest BCUT2D eigenvalue weighted by Gasteiger charge is 2.00. The summed E-state index contributed by atoms with van der Waals surface area (Å²) in [4.78, 5) is 4.09. The fourth-order valence-corrected chi connectivity index (χ4v) is 1.66. The third-order valence-corrected chi connectivity index (χ3v) is 2.54. The third kappa shape index (κ3) is 1.78. The first-order valence-corrected chi connectivity index (χ1v) is 4.82. The first-order valence-electron chi connectivity index (χ1n) is 4.03. The van der Waals surface area contributed by atoms with Crippen molar-refractivity contribution in [2.24, 2.45) is 0 Å². The molecule has 2 heteroatoms. The highest BCUT2D eigenvalue weighted by atomic mass is 79.9. The lowest BCUT2D eigenvalue weighted by atomic mass is 10.1. The molecule has 0 bridgehead atoms. The molecule has 0 unspecified atom stereocenters. The zero-order chi connectivity index (χ0) is 9.10. The molecule has 0 saturated heterocycles. The van der Waals surface area contributed by atoms with Crippen LogP contribution in [0.5, 0.6) is 0 Å². The number of hydrogen-bond acceptors (Lipinski definition) is 1. The van der Waals surface area contributed by atoms with E-state index in [0.29, 0.717) is 0 Å². The number of pyridine rings is 1. The standard InChI is InChI=1S/C11H8BrN/c12-11-6-7-13-8-10(11)9-4-2-1-3-5-9/h1-8H. The summed E-state index contributed by atoms with van der Waals surface area (Å²) in [6.07, 6.45) is 3.63. The Kier molecular flexibility index (Phi) is 2.41. The molecule has 0 fully saturated rings. The number of halogens is 1. The Morgan fingerprint density at radius 3 is 2.46 bits per heavy atom. The Morgan fingerprint density at radius 1 is 1.00 bits per heavy atom. The van der Waals surface area contributed by atoms with Crippen molar-refractivity contribution in [2.75, 3.05) is 0 Å². The molecule has 0 amide bonds. The van der Waals surface area contributed by atoms with E-state index >= 15 is 0 Å². The van der Waals surface area contributed by atoms with Crippen molar-refractivity contribution in [3.05, 3.63) is 53.3 Å². The maximum atomic E-state index is 4.09. The van der Waals surface area contributed by atoms with Gasteiger partial charge in [-0.25, -0.2) is 0 Å². The molecule has 0 atom stereocenters. The first-order chi connectivity index (χ1) is 6.38. The maximum Gasteiger partial charge on any atom is 0.0357 e. The highest BCUT2D eigenvalue weighted by Crippen LogP contribution is 2.26. The summed E-state index contributed by atoms with van der Waals surface area (Å²) < 4.78 is 1.08. The Labute approximate surface area is 85.6 Å². The molecule has 1 heterocycles. The van der Waals surface area contributed by atoms with Gasteiger partial charge in [-0.2, -0.15) is 0 Å². The van der Waals surface area contributed by atoms with E-state index in [2.05, 4.69) is 33.0 Å². The maximum absolute atomic E-state index is 4.09. The number of rotatable bonds is 1. The minimum Gasteiger partial charge on any atom is -0.264 e. The van der Waals surface area contributed by atoms with Crippen LogP contribution in [0.1, 0.15) is 0 Å². The van der Waals surface area contributed by atoms with Gasteiger partial charge in [-0.05, 0) is 11.6 Å². The molecule has 13 heavy (non-hydrogen) atoms. The molecule has 1 aromatic heterocycles. The van der Waals surface area contributed by atoms with Crippen LogP contribution in [0, 0.1) is 0 Å². The van der Waals surface area contributed by atoms with Crippen LogP contribution in [0.25, 0.3) is 11.1 Å². The van der Waals surface area contributed by atoms with Crippen molar-refractivity contribution < 1.29 is 0 Å². The average molecular weight is 234 g/mol. The van der Waals surface area contributed by atoms with Crippen molar-refractivity contribution in [2.45, 2.75) is 0 Å². The van der Waals surface area contributed by atoms with Gasteiger partial charge >= 0.3 is 0 Å². The minimum atomic E-state index is 1.08. The Bertz CT molecular complexity index is 398. The Morgan fingerprint density at radius 2 is 1.77 bits per heavy atom. The van der Waals surface area contributed by atoms with Crippen molar-refractivity contribution in [1.29, 1.82) is 0 Å². The molecule has 2 aromatic rings. The topological polar surface area (TPSA) is 12.9 Å². The summed E-state index contributed by atoms with van der Waals surface area (Å²) in [6, 6.07) is 12.1. The smallest absolute Gasteiger partial charge is 0.0357 e. The molecular weight excluding hydrogens is 226 g/mol. The van der Waals surface area contributed by atoms with Crippen LogP contribution in [0.3, 0.4) is 0 Å². The van der Waals surface area contributed by atoms with Crippen LogP contribution in [-0.2, 0) is 0 Å². The molecule has 0 saturated carbocycles. The predicted octanol–water partition coefficient (Wildman–Crippen LogP) is 3.51. The van der Waals surface area contributed by atoms with Crippen LogP contribution in [0.2, 0.25) is 0 Å². The second kappa shape index (κ2) is 3.71. The molecule has 1 aromatic carbocycles. The van der Waals surface area contributed by atoms with E-state index in [1.807, 2.05) is 30.5 Å². The second-order valence-corrected chi connectivity index (χ2v) is 3.58. The molecule has 0 N–H and O–H groups in total. The van der Waals surface area contributed by atoms with Gasteiger partial charge < -0.3 is 0 Å². The molecule has 2 rings (SSSR count). The first kappa shape index (κ1) is 8.45. The molecule has 64 valence electrons. The summed E-state index contributed by atoms with van der Waals surface area (Å²) in [5, 5.41) is 0. The molecule has 1 nitrogen and oxygen atoms in total. The fraction of sp³-hybridized carbons (Fsp3) is 0. The van der Waals surface area contributed by atoms with Crippen LogP contribution in [-0.4, -0.2) is 4.98 Å². The van der Waals surface area contributed by atoms with E-state index in [4.69, 9.17) is 0 Å². The van der Waals surface area contributed by atoms with Crippen molar-refractivity contribution in [3.8, 4) is 11.1 Å². The largest absolute Gasteiger partial charge is 0.264 e. The third-order valence-electron chi connectivity index (χ3n) is 1.85. The summed E-state index contributed by atoms with van der Waals surface area (Å²) in [5.74, 6) is 0. The number of nitrogens with zero attached hydrogens (tertiary/aromatic N) is 1. The molecule has 0 aliphatic rings. The predicted molar refractivity (Wildman–Crippen MR) is 57.4 cm³/mol. The van der Waals surface area contributed by atoms with Gasteiger partial charge in [-0.3, -0.25) is 4.98 Å². The monoisotopic (exact) mass is 233 g/mol. The van der Waals surface area contributed by atoms with Gasteiger partial charge in [0.1, 0.15) is 0 Å². The Hall–Kier alpha value is -1.15. The molecule has 0 radical (unpaired) electrons. The van der Waals surface area contributed by atoms with Gasteiger partial charge in [0.2, 0.25) is 0 Å². The average Bonchev–Trinajstić information content (AvgIpc) is 2.20. The lowest BCUT2D eigenvalue weighted by Gasteiger charge is -2.02. The zero-order valence-electron chi connectivity index (χ0n) is 6.94. The van der Waals surface area contributed by atoms with E-state index in [1.165, 1.54) is 5.56 Å². The summed E-state index contributed by atoms with van der Waals surface area (Å²) in [6.45, 7) is 0. The quantitative estimate of drug-likeness (QED) is 0.735. The number of benzene rings is 1. The van der Waals surface area contributed by atoms with Gasteiger partial charge in [-0.1, -0.05) is 46.3 Å². The van der Waals surface area contributed by atoms with Crippen molar-refractivity contribution in [1.82, 2.24) is 4.98 Å². The van der Waals surface area contributed by atoms with E-state index in [-0.39, 0.29) is 0 Å². The molecule has 0 aliphatic heterocycles. The van der Waals surface area contributed by atoms with E-state index in [0.717, 1.165) is 10.0 Å². The van der Waals surface area contributed by atoms with E-state index in [1.54, 1.807) is 6.20 Å². The van der Waals surface area contributed by atoms with Crippen molar-refractivity contribution in [3.63, 3.8) is 0 Å². The minimum absolute atomic E-state index is 1.08. The normalized spacial score (nSPS) is 9.92. The fourth-order valence-electron chi connectivity index (χ4n) is 1.21. The Balaban J connectivity index is 2.54. The van der Waals surface area contributed by atoms with Crippen LogP contribution in [0.4, 0.5) is 0 Å². The highest BCUT2D eigenvalue weighted by molar-refractivity contribution is 9.10. The van der Waals surface area contributed by atoms with Crippen LogP contribution < -0.4 is 0 Å². The van der Waals surface area contributed by atoms with Gasteiger partial charge in [0.25, 0.3) is 0 Å². The lowest BCUT2D eigenvalue weighted by molar-refractivity contribution is 1.32. The van der Waals surface area contributed by atoms with Crippen LogP contribution >= 0.6 is 15.9 Å². The van der Waals surface area contributed by atoms with Gasteiger partial charge in [0.15, 0.2) is 0 Å². The zero-order valence-corrected chi connectivity index (χ0v) is 8.53. The van der Waals surface area contributed by atoms with Gasteiger partial charge in [0.05, 0.1) is 0 Å². The van der Waals surface area contributed by atoms with Crippen LogP contribution in [0.15, 0.2) is 53.3 Å². The second-order valence-electron chi connectivity index (χ2n) is 2.72. The lowest BCUT2D eigenvalue weighted by Crippen LogP contribution is -1.80. The van der Waals surface area contributed by atoms with E-state index < -0.39 is 0 Å². The summed E-state index contributed by atoms with van der Waals surface area (Å²) >= 11 is 3.49. The van der Waals surface area contributed by atoms with Gasteiger partial charge in [0, 0.05) is 22.4 Å². The number of aromatic nitrogens is 1. The van der Waals surface area contributed by atoms with E-state index in [9.17, 15) is 0 Å². The van der Waals surface area contributed by atoms with Gasteiger partial charge in [-0.15, -0.1) is 0 Å². The number of hydrogen-bond donors (Lipinski definition) is 0. The van der Waals surface area contributed by atoms with Crippen molar-refractivity contribution >= 4 is 15.9 Å². The molecule has 0 spiro atoms. The summed E-state index contributed by atoms with van der Waals surface area (Å²) in [7, 11) is 0. The molecule has 0 aliphatic carbocycles. The molecular formula is C11H8BrN. The SMILES string of the molecule is Brc1ccncc1-c1ccccc1. The summed E-state index contributed by atoms with van der Waals surface area (Å²) in [5.41, 5.74) is 2.31.